The van der Waals surface area contributed by atoms with Gasteiger partial charge in [0.1, 0.15) is 5.75 Å². The average molecular weight is 351 g/mol. The van der Waals surface area contributed by atoms with Crippen LogP contribution in [0.2, 0.25) is 0 Å². The van der Waals surface area contributed by atoms with E-state index in [9.17, 15) is 0 Å². The second-order valence-electron chi connectivity index (χ2n) is 6.29. The van der Waals surface area contributed by atoms with Gasteiger partial charge in [0, 0.05) is 17.9 Å². The van der Waals surface area contributed by atoms with Gasteiger partial charge in [0.25, 0.3) is 0 Å². The van der Waals surface area contributed by atoms with Crippen molar-refractivity contribution in [3.63, 3.8) is 0 Å². The Balaban J connectivity index is 1.60. The standard InChI is InChI=1S/C20H21N3OS/c1-23-19(15-10-12-16(24-2)13-11-15)21-22-20(23)25-18-9-5-7-14-6-3-4-8-17(14)18/h3-4,6,8,10-13,18H,5,7,9H2,1-2H3. The van der Waals surface area contributed by atoms with Crippen LogP contribution < -0.4 is 4.74 Å². The minimum absolute atomic E-state index is 0.455. The SMILES string of the molecule is COc1ccc(-c2nnc(SC3CCCc4ccccc43)n2C)cc1. The Bertz CT molecular complexity index is 873. The van der Waals surface area contributed by atoms with Crippen molar-refractivity contribution >= 4 is 11.8 Å². The molecule has 1 unspecified atom stereocenters. The zero-order valence-corrected chi connectivity index (χ0v) is 15.3. The Hall–Kier alpha value is -2.27. The molecule has 25 heavy (non-hydrogen) atoms. The Labute approximate surface area is 152 Å². The Kier molecular flexibility index (Phi) is 4.49. The molecule has 0 amide bonds. The highest BCUT2D eigenvalue weighted by Crippen LogP contribution is 2.43. The minimum Gasteiger partial charge on any atom is -0.497 e. The number of thioether (sulfide) groups is 1. The summed E-state index contributed by atoms with van der Waals surface area (Å²) in [5.74, 6) is 1.73. The van der Waals surface area contributed by atoms with Crippen molar-refractivity contribution in [3.8, 4) is 17.1 Å². The highest BCUT2D eigenvalue weighted by atomic mass is 32.2. The van der Waals surface area contributed by atoms with E-state index in [1.807, 2.05) is 43.1 Å². The number of aromatic nitrogens is 3. The van der Waals surface area contributed by atoms with Gasteiger partial charge in [-0.15, -0.1) is 10.2 Å². The third-order valence-corrected chi connectivity index (χ3v) is 6.09. The fourth-order valence-electron chi connectivity index (χ4n) is 3.37. The van der Waals surface area contributed by atoms with Crippen molar-refractivity contribution in [2.45, 2.75) is 29.7 Å². The number of fused-ring (bicyclic) bond motifs is 1. The Morgan fingerprint density at radius 1 is 1.08 bits per heavy atom. The number of rotatable bonds is 4. The zero-order valence-electron chi connectivity index (χ0n) is 14.5. The second-order valence-corrected chi connectivity index (χ2v) is 7.46. The first-order valence-electron chi connectivity index (χ1n) is 8.54. The molecule has 1 aliphatic carbocycles. The summed E-state index contributed by atoms with van der Waals surface area (Å²) in [6.45, 7) is 0. The van der Waals surface area contributed by atoms with Crippen molar-refractivity contribution in [1.29, 1.82) is 0 Å². The molecule has 0 bridgehead atoms. The lowest BCUT2D eigenvalue weighted by Crippen LogP contribution is -2.07. The third kappa shape index (κ3) is 3.16. The lowest BCUT2D eigenvalue weighted by atomic mass is 9.91. The molecule has 0 radical (unpaired) electrons. The van der Waals surface area contributed by atoms with Gasteiger partial charge in [0.05, 0.1) is 7.11 Å². The van der Waals surface area contributed by atoms with Gasteiger partial charge in [-0.3, -0.25) is 0 Å². The van der Waals surface area contributed by atoms with E-state index in [1.54, 1.807) is 7.11 Å². The van der Waals surface area contributed by atoms with Gasteiger partial charge in [-0.05, 0) is 54.7 Å². The molecular formula is C20H21N3OS. The van der Waals surface area contributed by atoms with Gasteiger partial charge >= 0.3 is 0 Å². The first kappa shape index (κ1) is 16.2. The third-order valence-electron chi connectivity index (χ3n) is 4.75. The molecule has 5 heteroatoms. The molecule has 0 N–H and O–H groups in total. The van der Waals surface area contributed by atoms with E-state index >= 15 is 0 Å². The first-order chi connectivity index (χ1) is 12.3. The molecule has 0 fully saturated rings. The largest absolute Gasteiger partial charge is 0.497 e. The van der Waals surface area contributed by atoms with Crippen LogP contribution in [0.5, 0.6) is 5.75 Å². The zero-order chi connectivity index (χ0) is 17.2. The van der Waals surface area contributed by atoms with E-state index in [4.69, 9.17) is 4.74 Å². The van der Waals surface area contributed by atoms with E-state index in [-0.39, 0.29) is 0 Å². The maximum absolute atomic E-state index is 5.23. The smallest absolute Gasteiger partial charge is 0.191 e. The van der Waals surface area contributed by atoms with Crippen LogP contribution in [-0.2, 0) is 13.5 Å². The van der Waals surface area contributed by atoms with Gasteiger partial charge in [-0.25, -0.2) is 0 Å². The Morgan fingerprint density at radius 2 is 1.88 bits per heavy atom. The van der Waals surface area contributed by atoms with Gasteiger partial charge in [-0.1, -0.05) is 36.0 Å². The van der Waals surface area contributed by atoms with Crippen LogP contribution in [0.25, 0.3) is 11.4 Å². The molecule has 128 valence electrons. The maximum Gasteiger partial charge on any atom is 0.191 e. The number of nitrogens with zero attached hydrogens (tertiary/aromatic N) is 3. The molecule has 3 aromatic rings. The molecule has 4 nitrogen and oxygen atoms in total. The molecular weight excluding hydrogens is 330 g/mol. The van der Waals surface area contributed by atoms with Gasteiger partial charge in [0.2, 0.25) is 0 Å². The summed E-state index contributed by atoms with van der Waals surface area (Å²) in [6, 6.07) is 16.7. The average Bonchev–Trinajstić information content (AvgIpc) is 3.03. The normalized spacial score (nSPS) is 16.5. The minimum atomic E-state index is 0.455. The van der Waals surface area contributed by atoms with Crippen molar-refractivity contribution in [3.05, 3.63) is 59.7 Å². The van der Waals surface area contributed by atoms with Crippen LogP contribution in [0.4, 0.5) is 0 Å². The van der Waals surface area contributed by atoms with Crippen LogP contribution in [0, 0.1) is 0 Å². The summed E-state index contributed by atoms with van der Waals surface area (Å²) in [4.78, 5) is 0. The number of aryl methyl sites for hydroxylation is 1. The summed E-state index contributed by atoms with van der Waals surface area (Å²) in [6.07, 6.45) is 3.60. The number of hydrogen-bond donors (Lipinski definition) is 0. The summed E-state index contributed by atoms with van der Waals surface area (Å²) in [7, 11) is 3.71. The highest BCUT2D eigenvalue weighted by molar-refractivity contribution is 7.99. The van der Waals surface area contributed by atoms with E-state index < -0.39 is 0 Å². The summed E-state index contributed by atoms with van der Waals surface area (Å²) in [5, 5.41) is 10.3. The quantitative estimate of drug-likeness (QED) is 0.685. The lowest BCUT2D eigenvalue weighted by Gasteiger charge is -2.24. The van der Waals surface area contributed by atoms with E-state index in [0.29, 0.717) is 5.25 Å². The van der Waals surface area contributed by atoms with Gasteiger partial charge < -0.3 is 9.30 Å². The van der Waals surface area contributed by atoms with Crippen molar-refractivity contribution < 1.29 is 4.74 Å². The van der Waals surface area contributed by atoms with E-state index in [1.165, 1.54) is 30.4 Å². The maximum atomic E-state index is 5.23. The van der Waals surface area contributed by atoms with E-state index in [0.717, 1.165) is 22.3 Å². The fraction of sp³-hybridized carbons (Fsp3) is 0.300. The first-order valence-corrected chi connectivity index (χ1v) is 9.42. The molecule has 0 saturated carbocycles. The van der Waals surface area contributed by atoms with Gasteiger partial charge in [-0.2, -0.15) is 0 Å². The molecule has 0 saturated heterocycles. The molecule has 2 aromatic carbocycles. The summed E-state index contributed by atoms with van der Waals surface area (Å²) >= 11 is 1.82. The van der Waals surface area contributed by atoms with Crippen LogP contribution in [0.3, 0.4) is 0 Å². The molecule has 0 spiro atoms. The summed E-state index contributed by atoms with van der Waals surface area (Å²) < 4.78 is 7.31. The number of methoxy groups -OCH3 is 1. The molecule has 1 aromatic heterocycles. The molecule has 0 aliphatic heterocycles. The van der Waals surface area contributed by atoms with E-state index in [2.05, 4.69) is 39.0 Å². The highest BCUT2D eigenvalue weighted by Gasteiger charge is 2.23. The lowest BCUT2D eigenvalue weighted by molar-refractivity contribution is 0.415. The predicted molar refractivity (Wildman–Crippen MR) is 101 cm³/mol. The number of benzene rings is 2. The van der Waals surface area contributed by atoms with Crippen LogP contribution in [0.1, 0.15) is 29.2 Å². The number of hydrogen-bond acceptors (Lipinski definition) is 4. The van der Waals surface area contributed by atoms with Crippen molar-refractivity contribution in [2.24, 2.45) is 7.05 Å². The van der Waals surface area contributed by atoms with Crippen molar-refractivity contribution in [2.75, 3.05) is 7.11 Å². The van der Waals surface area contributed by atoms with Crippen molar-refractivity contribution in [1.82, 2.24) is 14.8 Å². The van der Waals surface area contributed by atoms with Crippen LogP contribution >= 0.6 is 11.8 Å². The predicted octanol–water partition coefficient (Wildman–Crippen LogP) is 4.66. The van der Waals surface area contributed by atoms with Crippen LogP contribution in [-0.4, -0.2) is 21.9 Å². The fourth-order valence-corrected chi connectivity index (χ4v) is 4.60. The number of ether oxygens (including phenoxy) is 1. The molecule has 1 aliphatic rings. The second kappa shape index (κ2) is 6.92. The Morgan fingerprint density at radius 3 is 2.68 bits per heavy atom. The molecule has 1 heterocycles. The monoisotopic (exact) mass is 351 g/mol. The van der Waals surface area contributed by atoms with Gasteiger partial charge in [0.15, 0.2) is 11.0 Å². The molecule has 4 rings (SSSR count). The topological polar surface area (TPSA) is 39.9 Å². The van der Waals surface area contributed by atoms with Crippen LogP contribution in [0.15, 0.2) is 53.7 Å². The summed E-state index contributed by atoms with van der Waals surface area (Å²) in [5.41, 5.74) is 3.98. The molecule has 1 atom stereocenters.